The van der Waals surface area contributed by atoms with E-state index in [1.54, 1.807) is 20.8 Å². The zero-order chi connectivity index (χ0) is 36.7. The molecule has 5 saturated carbocycles. The van der Waals surface area contributed by atoms with Gasteiger partial charge in [-0.2, -0.15) is 0 Å². The van der Waals surface area contributed by atoms with Crippen molar-refractivity contribution in [3.8, 4) is 0 Å². The van der Waals surface area contributed by atoms with Gasteiger partial charge in [-0.3, -0.25) is 14.9 Å². The lowest BCUT2D eigenvalue weighted by molar-refractivity contribution is -0.246. The number of carbonyl (C=O) groups is 3. The highest BCUT2D eigenvalue weighted by molar-refractivity contribution is 5.87. The maximum Gasteiger partial charge on any atom is 0.323 e. The van der Waals surface area contributed by atoms with E-state index in [-0.39, 0.29) is 51.8 Å². The summed E-state index contributed by atoms with van der Waals surface area (Å²) in [7, 11) is 0. The first-order chi connectivity index (χ1) is 23.2. The number of aromatic nitrogens is 2. The van der Waals surface area contributed by atoms with Gasteiger partial charge in [-0.25, -0.2) is 4.79 Å². The summed E-state index contributed by atoms with van der Waals surface area (Å²) in [6, 6.07) is -0.142. The lowest BCUT2D eigenvalue weighted by atomic mass is 9.32. The summed E-state index contributed by atoms with van der Waals surface area (Å²) in [6.07, 6.45) is 11.1. The molecular weight excluding hydrogens is 632 g/mol. The molecule has 0 bridgehead atoms. The third-order valence-corrected chi connectivity index (χ3v) is 15.7. The van der Waals surface area contributed by atoms with E-state index in [4.69, 9.17) is 9.15 Å². The van der Waals surface area contributed by atoms with Crippen LogP contribution >= 0.6 is 0 Å². The third-order valence-electron chi connectivity index (χ3n) is 15.7. The van der Waals surface area contributed by atoms with Crippen LogP contribution in [0.2, 0.25) is 0 Å². The fourth-order valence-electron chi connectivity index (χ4n) is 13.2. The molecule has 5 aliphatic carbocycles. The predicted octanol–water partition coefficient (Wildman–Crippen LogP) is 8.71. The highest BCUT2D eigenvalue weighted by Gasteiger charge is 2.71. The minimum atomic E-state index is -1.15. The molecule has 5 unspecified atom stereocenters. The van der Waals surface area contributed by atoms with Crippen molar-refractivity contribution < 1.29 is 28.6 Å². The van der Waals surface area contributed by atoms with E-state index in [0.29, 0.717) is 35.5 Å². The second kappa shape index (κ2) is 12.4. The highest BCUT2D eigenvalue weighted by Crippen LogP contribution is 2.76. The summed E-state index contributed by atoms with van der Waals surface area (Å²) in [5, 5.41) is 23.8. The zero-order valence-electron chi connectivity index (χ0n) is 32.0. The largest absolute Gasteiger partial charge is 0.481 e. The standard InChI is InChI=1S/C40H62N4O6/c1-23(2)21-25-13-18-40(42-33(48)41-34-44-43-24(3)49-34)20-19-38(9)26(31(25)40)11-12-28-37(8)16-15-29(50-30(45)22-35(4,5)32(46)47)36(6,7)27(37)14-17-39(28,38)10/h25-29,31H,1,11-22H2,2-10H3,(H,46,47)(H2,41,42,44,48)/t25?,26-,27+,28-,29?,31-,37?,38-,39?,40?/m1/s1. The average molecular weight is 695 g/mol. The Hall–Kier alpha value is -2.91. The highest BCUT2D eigenvalue weighted by atomic mass is 16.5. The van der Waals surface area contributed by atoms with Crippen LogP contribution in [-0.4, -0.2) is 44.9 Å². The summed E-state index contributed by atoms with van der Waals surface area (Å²) in [5.41, 5.74) is -0.0855. The molecule has 0 aliphatic heterocycles. The Morgan fingerprint density at radius 2 is 1.66 bits per heavy atom. The number of hydrogen-bond donors (Lipinski definition) is 3. The van der Waals surface area contributed by atoms with Gasteiger partial charge in [0.1, 0.15) is 6.10 Å². The minimum Gasteiger partial charge on any atom is -0.481 e. The Morgan fingerprint density at radius 1 is 0.940 bits per heavy atom. The van der Waals surface area contributed by atoms with Crippen molar-refractivity contribution in [2.45, 2.75) is 151 Å². The van der Waals surface area contributed by atoms with Crippen LogP contribution in [0.25, 0.3) is 0 Å². The Balaban J connectivity index is 1.25. The predicted molar refractivity (Wildman–Crippen MR) is 191 cm³/mol. The first-order valence-electron chi connectivity index (χ1n) is 19.2. The van der Waals surface area contributed by atoms with Gasteiger partial charge in [-0.05, 0) is 137 Å². The number of esters is 1. The van der Waals surface area contributed by atoms with Gasteiger partial charge in [0, 0.05) is 17.9 Å². The zero-order valence-corrected chi connectivity index (χ0v) is 32.0. The normalized spacial score (nSPS) is 40.3. The Bertz CT molecular complexity index is 1530. The number of nitrogens with zero attached hydrogens (tertiary/aromatic N) is 2. The Labute approximate surface area is 298 Å². The van der Waals surface area contributed by atoms with Crippen molar-refractivity contribution in [2.24, 2.45) is 56.7 Å². The molecule has 10 nitrogen and oxygen atoms in total. The van der Waals surface area contributed by atoms with Crippen molar-refractivity contribution in [2.75, 3.05) is 5.32 Å². The van der Waals surface area contributed by atoms with Gasteiger partial charge >= 0.3 is 24.0 Å². The van der Waals surface area contributed by atoms with Gasteiger partial charge < -0.3 is 19.6 Å². The molecule has 0 radical (unpaired) electrons. The van der Waals surface area contributed by atoms with Gasteiger partial charge in [0.15, 0.2) is 0 Å². The number of aliphatic carboxylic acids is 1. The summed E-state index contributed by atoms with van der Waals surface area (Å²) in [4.78, 5) is 38.3. The van der Waals surface area contributed by atoms with E-state index < -0.39 is 17.4 Å². The first-order valence-corrected chi connectivity index (χ1v) is 19.2. The quantitative estimate of drug-likeness (QED) is 0.181. The molecular formula is C40H62N4O6. The maximum absolute atomic E-state index is 13.5. The SMILES string of the molecule is C=C(C)CC1CCC2(NC(=O)Nc3nnc(C)o3)CC[C@]3(C)[C@H](CC[C@@H]4C5(C)CCC(OC(=O)CC(C)(C)C(=O)O)C(C)(C)[C@@H]5CCC43C)[C@@H]12. The van der Waals surface area contributed by atoms with Crippen LogP contribution in [-0.2, 0) is 14.3 Å². The van der Waals surface area contributed by atoms with Crippen molar-refractivity contribution in [1.82, 2.24) is 15.5 Å². The topological polar surface area (TPSA) is 144 Å². The van der Waals surface area contributed by atoms with Crippen LogP contribution in [0.1, 0.15) is 138 Å². The fourth-order valence-corrected chi connectivity index (χ4v) is 13.2. The molecule has 2 amide bonds. The molecule has 1 aromatic heterocycles. The second-order valence-electron chi connectivity index (χ2n) is 19.2. The van der Waals surface area contributed by atoms with Gasteiger partial charge in [-0.1, -0.05) is 45.3 Å². The number of anilines is 1. The lowest BCUT2D eigenvalue weighted by Crippen LogP contribution is -2.69. The van der Waals surface area contributed by atoms with Crippen LogP contribution < -0.4 is 10.6 Å². The Morgan fingerprint density at radius 3 is 2.30 bits per heavy atom. The molecule has 0 saturated heterocycles. The third kappa shape index (κ3) is 5.79. The van der Waals surface area contributed by atoms with E-state index in [1.165, 1.54) is 5.57 Å². The van der Waals surface area contributed by atoms with E-state index in [1.807, 2.05) is 0 Å². The van der Waals surface area contributed by atoms with Crippen LogP contribution in [0.15, 0.2) is 16.6 Å². The van der Waals surface area contributed by atoms with Crippen LogP contribution in [0, 0.1) is 63.6 Å². The number of hydrogen-bond acceptors (Lipinski definition) is 7. The number of fused-ring (bicyclic) bond motifs is 7. The van der Waals surface area contributed by atoms with Gasteiger partial charge in [0.25, 0.3) is 0 Å². The molecule has 5 fully saturated rings. The van der Waals surface area contributed by atoms with E-state index >= 15 is 0 Å². The number of carbonyl (C=O) groups excluding carboxylic acids is 2. The number of ether oxygens (including phenoxy) is 1. The van der Waals surface area contributed by atoms with E-state index in [0.717, 1.165) is 70.6 Å². The minimum absolute atomic E-state index is 0.107. The molecule has 10 atom stereocenters. The fraction of sp³-hybridized carbons (Fsp3) is 0.825. The van der Waals surface area contributed by atoms with Crippen LogP contribution in [0.4, 0.5) is 10.8 Å². The molecule has 278 valence electrons. The molecule has 1 aromatic rings. The van der Waals surface area contributed by atoms with Gasteiger partial charge in [-0.15, -0.1) is 11.7 Å². The van der Waals surface area contributed by atoms with Crippen molar-refractivity contribution >= 4 is 24.0 Å². The van der Waals surface area contributed by atoms with Gasteiger partial charge in [0.2, 0.25) is 5.89 Å². The van der Waals surface area contributed by atoms with E-state index in [9.17, 15) is 19.5 Å². The van der Waals surface area contributed by atoms with Crippen molar-refractivity contribution in [3.05, 3.63) is 18.0 Å². The Kier molecular flexibility index (Phi) is 9.11. The number of aryl methyl sites for hydroxylation is 1. The first kappa shape index (κ1) is 36.9. The molecule has 1 heterocycles. The molecule has 50 heavy (non-hydrogen) atoms. The molecule has 0 aromatic carbocycles. The number of amides is 2. The number of rotatable bonds is 8. The second-order valence-corrected chi connectivity index (χ2v) is 19.2. The molecule has 10 heteroatoms. The number of allylic oxidation sites excluding steroid dienone is 1. The summed E-state index contributed by atoms with van der Waals surface area (Å²) in [6.45, 7) is 23.7. The number of carboxylic acid groups (broad SMARTS) is 1. The van der Waals surface area contributed by atoms with Gasteiger partial charge in [0.05, 0.1) is 11.8 Å². The number of carboxylic acids is 1. The lowest BCUT2D eigenvalue weighted by Gasteiger charge is -2.73. The molecule has 0 spiro atoms. The molecule has 5 aliphatic rings. The maximum atomic E-state index is 13.5. The van der Waals surface area contributed by atoms with Crippen LogP contribution in [0.3, 0.4) is 0 Å². The van der Waals surface area contributed by atoms with E-state index in [2.05, 4.69) is 69.0 Å². The van der Waals surface area contributed by atoms with Crippen molar-refractivity contribution in [3.63, 3.8) is 0 Å². The van der Waals surface area contributed by atoms with Crippen molar-refractivity contribution in [1.29, 1.82) is 0 Å². The number of urea groups is 1. The average Bonchev–Trinajstić information content (AvgIpc) is 3.56. The van der Waals surface area contributed by atoms with Crippen LogP contribution in [0.5, 0.6) is 0 Å². The monoisotopic (exact) mass is 694 g/mol. The summed E-state index contributed by atoms with van der Waals surface area (Å²) < 4.78 is 11.6. The summed E-state index contributed by atoms with van der Waals surface area (Å²) in [5.74, 6) is 1.29. The molecule has 3 N–H and O–H groups in total. The molecule has 6 rings (SSSR count). The summed E-state index contributed by atoms with van der Waals surface area (Å²) >= 11 is 0. The smallest absolute Gasteiger partial charge is 0.323 e. The number of nitrogens with one attached hydrogen (secondary N) is 2.